The lowest BCUT2D eigenvalue weighted by Gasteiger charge is -2.33. The summed E-state index contributed by atoms with van der Waals surface area (Å²) in [4.78, 5) is 64.0. The van der Waals surface area contributed by atoms with E-state index in [1.54, 1.807) is 71.0 Å². The Morgan fingerprint density at radius 3 is 1.32 bits per heavy atom. The topological polar surface area (TPSA) is 242 Å². The van der Waals surface area contributed by atoms with E-state index in [0.29, 0.717) is 67.9 Å². The van der Waals surface area contributed by atoms with Gasteiger partial charge in [-0.15, -0.1) is 5.11 Å². The Hall–Kier alpha value is -7.98. The third-order valence-corrected chi connectivity index (χ3v) is 12.5. The normalized spacial score (nSPS) is 12.9. The molecule has 1 aromatic heterocycles. The molecule has 0 saturated carbocycles. The van der Waals surface area contributed by atoms with Gasteiger partial charge in [0.25, 0.3) is 5.82 Å². The van der Waals surface area contributed by atoms with Gasteiger partial charge in [0, 0.05) is 24.5 Å². The van der Waals surface area contributed by atoms with Crippen LogP contribution in [0, 0.1) is 50.9 Å². The number of anilines is 2. The smallest absolute Gasteiger partial charge is 0.322 e. The molecule has 0 bridgehead atoms. The number of nitriles is 2. The van der Waals surface area contributed by atoms with E-state index in [2.05, 4.69) is 51.1 Å². The number of aromatic nitrogens is 2. The molecule has 0 spiro atoms. The van der Waals surface area contributed by atoms with Crippen LogP contribution >= 0.6 is 0 Å². The highest BCUT2D eigenvalue weighted by Crippen LogP contribution is 2.40. The molecule has 2 unspecified atom stereocenters. The van der Waals surface area contributed by atoms with E-state index in [4.69, 9.17) is 36.0 Å². The Kier molecular flexibility index (Phi) is 22.4. The first-order valence-corrected chi connectivity index (χ1v) is 24.0. The summed E-state index contributed by atoms with van der Waals surface area (Å²) in [6.07, 6.45) is 1.80. The number of rotatable bonds is 24. The first-order chi connectivity index (χ1) is 34.6. The quantitative estimate of drug-likeness (QED) is 0.0297. The molecule has 4 rings (SSSR count). The molecular weight excluding hydrogens is 931 g/mol. The Balaban J connectivity index is 0.000000385. The second kappa shape index (κ2) is 27.6. The molecule has 0 amide bonds. The molecule has 0 radical (unpaired) electrons. The Bertz CT molecular complexity index is 2630. The van der Waals surface area contributed by atoms with Crippen LogP contribution in [-0.4, -0.2) is 87.5 Å². The highest BCUT2D eigenvalue weighted by molar-refractivity contribution is 5.81. The summed E-state index contributed by atoms with van der Waals surface area (Å²) in [7, 11) is 2.72. The van der Waals surface area contributed by atoms with Crippen LogP contribution in [-0.2, 0) is 38.1 Å². The van der Waals surface area contributed by atoms with Crippen molar-refractivity contribution in [3.05, 3.63) is 95.5 Å². The van der Waals surface area contributed by atoms with Crippen LogP contribution in [0.15, 0.2) is 93.3 Å². The van der Waals surface area contributed by atoms with Crippen LogP contribution < -0.4 is 9.80 Å². The number of esters is 4. The molecular formula is C54H69N11O8. The van der Waals surface area contributed by atoms with Gasteiger partial charge in [-0.25, -0.2) is 0 Å². The average molecular weight is 1000 g/mol. The Morgan fingerprint density at radius 2 is 1.00 bits per heavy atom. The summed E-state index contributed by atoms with van der Waals surface area (Å²) in [6, 6.07) is 25.7. The Morgan fingerprint density at radius 1 is 0.616 bits per heavy atom. The van der Waals surface area contributed by atoms with Crippen molar-refractivity contribution in [3.8, 4) is 12.1 Å². The number of H-pyrrole nitrogens is 1. The van der Waals surface area contributed by atoms with Gasteiger partial charge in [0.15, 0.2) is 5.69 Å². The maximum absolute atomic E-state index is 12.8. The number of ether oxygens (including phenoxy) is 4. The number of benzene rings is 3. The number of hydrogen-bond acceptors (Lipinski definition) is 17. The van der Waals surface area contributed by atoms with Gasteiger partial charge < -0.3 is 33.6 Å². The third-order valence-electron chi connectivity index (χ3n) is 12.5. The zero-order valence-corrected chi connectivity index (χ0v) is 44.2. The van der Waals surface area contributed by atoms with E-state index < -0.39 is 21.7 Å². The molecule has 0 saturated heterocycles. The van der Waals surface area contributed by atoms with E-state index in [0.717, 1.165) is 17.9 Å². The van der Waals surface area contributed by atoms with E-state index in [-0.39, 0.29) is 54.6 Å². The highest BCUT2D eigenvalue weighted by Gasteiger charge is 2.44. The minimum absolute atomic E-state index is 0.0233. The van der Waals surface area contributed by atoms with Gasteiger partial charge >= 0.3 is 29.8 Å². The SMILES string of the molecule is CCN(CCOC(=O)C(C)(C)CC(C)(CC)C(=O)OC)c1ccc(N=Nc2ccc(C#N)cc2)cc1.[C-]#[N+]c1[nH]c(N=Nc2ccc(N(CC)CCOC(=O)C(C)(C)CC(C)(CC)C(=O)OC)cc2)nc1C#N. The van der Waals surface area contributed by atoms with Crippen molar-refractivity contribution in [2.24, 2.45) is 42.1 Å². The van der Waals surface area contributed by atoms with Crippen molar-refractivity contribution in [3.63, 3.8) is 0 Å². The second-order valence-electron chi connectivity index (χ2n) is 18.9. The number of carbonyl (C=O) groups is 4. The number of azo groups is 2. The zero-order chi connectivity index (χ0) is 54.4. The molecule has 1 heterocycles. The number of imidazole rings is 1. The van der Waals surface area contributed by atoms with Crippen molar-refractivity contribution in [1.82, 2.24) is 9.97 Å². The van der Waals surface area contributed by atoms with Gasteiger partial charge in [0.05, 0.1) is 77.7 Å². The molecule has 2 atom stereocenters. The minimum Gasteiger partial charge on any atom is -0.469 e. The van der Waals surface area contributed by atoms with Crippen molar-refractivity contribution in [2.45, 2.75) is 94.9 Å². The standard InChI is InChI=1S/C28H36N4O4.C26H33N7O4/c1-7-28(5,26(34)35-6)20-27(3,4)25(33)36-18-17-32(8-2)24-15-13-23(14-16-24)31-30-22-11-9-21(19-29)10-12-22;1-8-26(5,23(35)36-7)17-25(3,4)22(34)37-15-14-33(9-2)19-12-10-18(11-13-19)31-32-24-29-20(16-27)21(28-6)30-24/h9-16H,7-8,17-18,20H2,1-6H3;10-13H,8-9,14-15,17H2,1-5,7H3,(H,29,30). The van der Waals surface area contributed by atoms with Crippen molar-refractivity contribution >= 4 is 64.1 Å². The molecule has 0 aliphatic rings. The van der Waals surface area contributed by atoms with Crippen molar-refractivity contribution in [2.75, 3.05) is 63.4 Å². The minimum atomic E-state index is -0.847. The summed E-state index contributed by atoms with van der Waals surface area (Å²) < 4.78 is 21.1. The molecule has 0 fully saturated rings. The van der Waals surface area contributed by atoms with Gasteiger partial charge in [-0.2, -0.15) is 25.7 Å². The second-order valence-corrected chi connectivity index (χ2v) is 18.9. The fourth-order valence-corrected chi connectivity index (χ4v) is 7.94. The first-order valence-electron chi connectivity index (χ1n) is 24.0. The van der Waals surface area contributed by atoms with Crippen LogP contribution in [0.25, 0.3) is 4.85 Å². The summed E-state index contributed by atoms with van der Waals surface area (Å²) in [5.74, 6) is -1.24. The molecule has 3 aromatic carbocycles. The third kappa shape index (κ3) is 17.1. The number of hydrogen-bond donors (Lipinski definition) is 1. The molecule has 19 nitrogen and oxygen atoms in total. The van der Waals surface area contributed by atoms with E-state index >= 15 is 0 Å². The number of methoxy groups -OCH3 is 2. The predicted molar refractivity (Wildman–Crippen MR) is 277 cm³/mol. The Labute approximate surface area is 429 Å². The van der Waals surface area contributed by atoms with Gasteiger partial charge in [0.1, 0.15) is 19.3 Å². The molecule has 73 heavy (non-hydrogen) atoms. The summed E-state index contributed by atoms with van der Waals surface area (Å²) in [5, 5.41) is 34.3. The molecule has 0 aliphatic heterocycles. The fourth-order valence-electron chi connectivity index (χ4n) is 7.94. The maximum Gasteiger partial charge on any atom is 0.322 e. The maximum atomic E-state index is 12.8. The lowest BCUT2D eigenvalue weighted by Crippen LogP contribution is -2.39. The lowest BCUT2D eigenvalue weighted by atomic mass is 9.72. The largest absolute Gasteiger partial charge is 0.469 e. The van der Waals surface area contributed by atoms with Crippen molar-refractivity contribution < 1.29 is 38.1 Å². The highest BCUT2D eigenvalue weighted by atomic mass is 16.5. The van der Waals surface area contributed by atoms with Crippen LogP contribution in [0.5, 0.6) is 0 Å². The van der Waals surface area contributed by atoms with Crippen LogP contribution in [0.3, 0.4) is 0 Å². The zero-order valence-electron chi connectivity index (χ0n) is 44.2. The van der Waals surface area contributed by atoms with Gasteiger partial charge in [-0.05, 0) is 154 Å². The number of aromatic amines is 1. The van der Waals surface area contributed by atoms with Gasteiger partial charge in [0.2, 0.25) is 0 Å². The summed E-state index contributed by atoms with van der Waals surface area (Å²) >= 11 is 0. The summed E-state index contributed by atoms with van der Waals surface area (Å²) in [5.41, 5.74) is 1.22. The van der Waals surface area contributed by atoms with Crippen LogP contribution in [0.2, 0.25) is 0 Å². The monoisotopic (exact) mass is 1000 g/mol. The molecule has 19 heteroatoms. The number of nitrogens with zero attached hydrogens (tertiary/aromatic N) is 10. The molecule has 388 valence electrons. The van der Waals surface area contributed by atoms with Crippen LogP contribution in [0.1, 0.15) is 106 Å². The molecule has 1 N–H and O–H groups in total. The number of nitrogens with one attached hydrogen (secondary N) is 1. The number of carbonyl (C=O) groups excluding carboxylic acids is 4. The van der Waals surface area contributed by atoms with E-state index in [1.165, 1.54) is 14.2 Å². The lowest BCUT2D eigenvalue weighted by molar-refractivity contribution is -0.162. The number of likely N-dealkylation sites (N-methyl/N-ethyl adjacent to an activating group) is 2. The average Bonchev–Trinajstić information content (AvgIpc) is 3.82. The molecule has 0 aliphatic carbocycles. The fraction of sp³-hybridized carbons (Fsp3) is 0.481. The predicted octanol–water partition coefficient (Wildman–Crippen LogP) is 12.0. The van der Waals surface area contributed by atoms with Crippen molar-refractivity contribution in [1.29, 1.82) is 10.5 Å². The van der Waals surface area contributed by atoms with Crippen LogP contribution in [0.4, 0.5) is 40.2 Å². The van der Waals surface area contributed by atoms with E-state index in [1.807, 2.05) is 77.1 Å². The molecule has 4 aromatic rings. The van der Waals surface area contributed by atoms with E-state index in [9.17, 15) is 19.2 Å². The summed E-state index contributed by atoms with van der Waals surface area (Å²) in [6.45, 7) is 28.6. The first kappa shape index (κ1) is 59.3. The van der Waals surface area contributed by atoms with Gasteiger partial charge in [-0.3, -0.25) is 24.2 Å². The van der Waals surface area contributed by atoms with Gasteiger partial charge in [-0.1, -0.05) is 25.5 Å².